The van der Waals surface area contributed by atoms with Gasteiger partial charge in [0.1, 0.15) is 0 Å². The minimum atomic E-state index is -0.931. The van der Waals surface area contributed by atoms with Gasteiger partial charge in [0.2, 0.25) is 0 Å². The number of hydrogen-bond donors (Lipinski definition) is 1. The van der Waals surface area contributed by atoms with Gasteiger partial charge in [-0.2, -0.15) is 0 Å². The maximum absolute atomic E-state index is 10.9. The first kappa shape index (κ1) is 15.5. The quantitative estimate of drug-likeness (QED) is 0.733. The minimum Gasteiger partial charge on any atom is -0.481 e. The van der Waals surface area contributed by atoms with Gasteiger partial charge in [0.15, 0.2) is 0 Å². The van der Waals surface area contributed by atoms with Gasteiger partial charge in [-0.25, -0.2) is 0 Å². The molecular weight excluding hydrogens is 342 g/mol. The van der Waals surface area contributed by atoms with Crippen LogP contribution in [-0.4, -0.2) is 11.1 Å². The summed E-state index contributed by atoms with van der Waals surface area (Å²) in [6.07, 6.45) is -0.121. The van der Waals surface area contributed by atoms with E-state index in [-0.39, 0.29) is 11.4 Å². The summed E-state index contributed by atoms with van der Waals surface area (Å²) in [4.78, 5) is 10.9. The van der Waals surface area contributed by atoms with Gasteiger partial charge in [-0.15, -0.1) is 0 Å². The molecule has 0 spiro atoms. The zero-order valence-corrected chi connectivity index (χ0v) is 13.0. The molecule has 6 heteroatoms. The molecule has 0 fully saturated rings. The highest BCUT2D eigenvalue weighted by Gasteiger charge is 2.13. The second-order valence-corrected chi connectivity index (χ2v) is 5.75. The van der Waals surface area contributed by atoms with Crippen LogP contribution in [0.15, 0.2) is 30.3 Å². The topological polar surface area (TPSA) is 37.3 Å². The fourth-order valence-corrected chi connectivity index (χ4v) is 2.61. The molecule has 0 amide bonds. The molecule has 2 rings (SSSR count). The second-order valence-electron chi connectivity index (χ2n) is 4.13. The Morgan fingerprint density at radius 2 is 1.60 bits per heavy atom. The van der Waals surface area contributed by atoms with E-state index in [9.17, 15) is 4.79 Å². The van der Waals surface area contributed by atoms with Gasteiger partial charge in [0.25, 0.3) is 0 Å². The number of aliphatic carboxylic acids is 1. The van der Waals surface area contributed by atoms with Gasteiger partial charge in [0, 0.05) is 5.02 Å². The smallest absolute Gasteiger partial charge is 0.307 e. The summed E-state index contributed by atoms with van der Waals surface area (Å²) in [7, 11) is 0. The van der Waals surface area contributed by atoms with E-state index in [4.69, 9.17) is 51.5 Å². The Morgan fingerprint density at radius 1 is 1.00 bits per heavy atom. The Bertz CT molecular complexity index is 660. The molecular formula is C14H8Cl4O2. The van der Waals surface area contributed by atoms with Crippen LogP contribution in [-0.2, 0) is 11.2 Å². The Kier molecular flexibility index (Phi) is 4.82. The number of carboxylic acid groups (broad SMARTS) is 1. The Labute approximate surface area is 135 Å². The molecule has 0 radical (unpaired) electrons. The van der Waals surface area contributed by atoms with E-state index in [0.29, 0.717) is 31.8 Å². The fraction of sp³-hybridized carbons (Fsp3) is 0.0714. The van der Waals surface area contributed by atoms with E-state index in [2.05, 4.69) is 0 Å². The van der Waals surface area contributed by atoms with Gasteiger partial charge >= 0.3 is 5.97 Å². The zero-order chi connectivity index (χ0) is 14.9. The highest BCUT2D eigenvalue weighted by atomic mass is 35.5. The van der Waals surface area contributed by atoms with Crippen LogP contribution in [0, 0.1) is 0 Å². The van der Waals surface area contributed by atoms with Crippen LogP contribution in [0.5, 0.6) is 0 Å². The molecule has 0 aliphatic heterocycles. The summed E-state index contributed by atoms with van der Waals surface area (Å²) in [5.74, 6) is -0.931. The highest BCUT2D eigenvalue weighted by Crippen LogP contribution is 2.37. The normalized spacial score (nSPS) is 10.6. The lowest BCUT2D eigenvalue weighted by Gasteiger charge is -2.11. The van der Waals surface area contributed by atoms with Crippen molar-refractivity contribution < 1.29 is 9.90 Å². The van der Waals surface area contributed by atoms with E-state index in [1.165, 1.54) is 0 Å². The molecule has 0 saturated heterocycles. The van der Waals surface area contributed by atoms with Gasteiger partial charge in [-0.3, -0.25) is 4.79 Å². The summed E-state index contributed by atoms with van der Waals surface area (Å²) in [6.45, 7) is 0. The summed E-state index contributed by atoms with van der Waals surface area (Å²) >= 11 is 23.9. The molecule has 0 saturated carbocycles. The molecule has 2 aromatic rings. The molecule has 0 bridgehead atoms. The first-order chi connectivity index (χ1) is 9.38. The van der Waals surface area contributed by atoms with E-state index in [1.54, 1.807) is 30.3 Å². The number of halogens is 4. The van der Waals surface area contributed by atoms with Crippen LogP contribution in [0.1, 0.15) is 5.56 Å². The maximum atomic E-state index is 10.9. The van der Waals surface area contributed by atoms with Crippen LogP contribution in [0.25, 0.3) is 11.1 Å². The summed E-state index contributed by atoms with van der Waals surface area (Å²) < 4.78 is 0. The van der Waals surface area contributed by atoms with Gasteiger partial charge in [-0.1, -0.05) is 52.5 Å². The van der Waals surface area contributed by atoms with Crippen LogP contribution < -0.4 is 0 Å². The van der Waals surface area contributed by atoms with Crippen molar-refractivity contribution in [2.75, 3.05) is 0 Å². The van der Waals surface area contributed by atoms with Crippen molar-refractivity contribution in [1.82, 2.24) is 0 Å². The van der Waals surface area contributed by atoms with Crippen molar-refractivity contribution >= 4 is 52.4 Å². The lowest BCUT2D eigenvalue weighted by atomic mass is 9.98. The van der Waals surface area contributed by atoms with Crippen LogP contribution >= 0.6 is 46.4 Å². The van der Waals surface area contributed by atoms with Crippen molar-refractivity contribution in [3.8, 4) is 11.1 Å². The maximum Gasteiger partial charge on any atom is 0.307 e. The van der Waals surface area contributed by atoms with Gasteiger partial charge in [0.05, 0.1) is 21.5 Å². The number of hydrogen-bond acceptors (Lipinski definition) is 1. The van der Waals surface area contributed by atoms with Gasteiger partial charge < -0.3 is 5.11 Å². The Balaban J connectivity index is 2.61. The summed E-state index contributed by atoms with van der Waals surface area (Å²) in [5.41, 5.74) is 1.96. The highest BCUT2D eigenvalue weighted by molar-refractivity contribution is 6.48. The molecule has 0 aliphatic rings. The molecule has 20 heavy (non-hydrogen) atoms. The third-order valence-corrected chi connectivity index (χ3v) is 4.14. The predicted molar refractivity (Wildman–Crippen MR) is 83.3 cm³/mol. The molecule has 2 aromatic carbocycles. The van der Waals surface area contributed by atoms with Crippen LogP contribution in [0.2, 0.25) is 20.1 Å². The van der Waals surface area contributed by atoms with Crippen LogP contribution in [0.4, 0.5) is 0 Å². The zero-order valence-electron chi connectivity index (χ0n) is 9.96. The summed E-state index contributed by atoms with van der Waals surface area (Å²) in [6, 6.07) is 8.25. The third-order valence-electron chi connectivity index (χ3n) is 2.71. The van der Waals surface area contributed by atoms with Crippen LogP contribution in [0.3, 0.4) is 0 Å². The second kappa shape index (κ2) is 6.23. The van der Waals surface area contributed by atoms with Crippen molar-refractivity contribution in [2.45, 2.75) is 6.42 Å². The fourth-order valence-electron chi connectivity index (χ4n) is 1.85. The molecule has 0 unspecified atom stereocenters. The molecule has 1 N–H and O–H groups in total. The number of carbonyl (C=O) groups is 1. The SMILES string of the molecule is O=C(O)Cc1ccc(Cl)cc1-c1cc(Cl)c(Cl)c(Cl)c1. The minimum absolute atomic E-state index is 0.121. The molecule has 0 atom stereocenters. The number of benzene rings is 2. The van der Waals surface area contributed by atoms with Crippen molar-refractivity contribution in [2.24, 2.45) is 0 Å². The monoisotopic (exact) mass is 348 g/mol. The third kappa shape index (κ3) is 3.39. The van der Waals surface area contributed by atoms with E-state index >= 15 is 0 Å². The molecule has 0 aromatic heterocycles. The van der Waals surface area contributed by atoms with E-state index < -0.39 is 5.97 Å². The van der Waals surface area contributed by atoms with E-state index in [1.807, 2.05) is 0 Å². The molecule has 104 valence electrons. The molecule has 2 nitrogen and oxygen atoms in total. The van der Waals surface area contributed by atoms with E-state index in [0.717, 1.165) is 0 Å². The lowest BCUT2D eigenvalue weighted by Crippen LogP contribution is -2.01. The predicted octanol–water partition coefficient (Wildman–Crippen LogP) is 5.59. The average molecular weight is 350 g/mol. The Morgan fingerprint density at radius 3 is 2.15 bits per heavy atom. The molecule has 0 aliphatic carbocycles. The largest absolute Gasteiger partial charge is 0.481 e. The number of carboxylic acids is 1. The Hall–Kier alpha value is -0.930. The molecule has 0 heterocycles. The number of rotatable bonds is 3. The lowest BCUT2D eigenvalue weighted by molar-refractivity contribution is -0.136. The first-order valence-electron chi connectivity index (χ1n) is 5.53. The summed E-state index contributed by atoms with van der Waals surface area (Å²) in [5, 5.41) is 10.3. The van der Waals surface area contributed by atoms with Crippen molar-refractivity contribution in [3.05, 3.63) is 56.0 Å². The van der Waals surface area contributed by atoms with Crippen molar-refractivity contribution in [3.63, 3.8) is 0 Å². The van der Waals surface area contributed by atoms with Crippen molar-refractivity contribution in [1.29, 1.82) is 0 Å². The standard InChI is InChI=1S/C14H8Cl4O2/c15-9-2-1-7(5-13(19)20)10(6-9)8-3-11(16)14(18)12(17)4-8/h1-4,6H,5H2,(H,19,20). The first-order valence-corrected chi connectivity index (χ1v) is 7.05. The van der Waals surface area contributed by atoms with Gasteiger partial charge in [-0.05, 0) is 41.0 Å². The average Bonchev–Trinajstić information content (AvgIpc) is 2.37.